The fraction of sp³-hybridized carbons (Fsp3) is 0.208. The van der Waals surface area contributed by atoms with Crippen molar-refractivity contribution in [3.05, 3.63) is 59.2 Å². The number of hydrogen-bond acceptors (Lipinski definition) is 7. The molecule has 0 aliphatic heterocycles. The van der Waals surface area contributed by atoms with Gasteiger partial charge in [-0.2, -0.15) is 5.10 Å². The van der Waals surface area contributed by atoms with Gasteiger partial charge in [-0.1, -0.05) is 11.3 Å². The number of aromatic nitrogens is 4. The van der Waals surface area contributed by atoms with Crippen molar-refractivity contribution in [1.82, 2.24) is 25.1 Å². The Morgan fingerprint density at radius 3 is 2.69 bits per heavy atom. The summed E-state index contributed by atoms with van der Waals surface area (Å²) in [6.45, 7) is 1.43. The van der Waals surface area contributed by atoms with Crippen LogP contribution in [0.1, 0.15) is 28.5 Å². The normalized spacial score (nSPS) is 12.0. The predicted molar refractivity (Wildman–Crippen MR) is 130 cm³/mol. The van der Waals surface area contributed by atoms with Crippen LogP contribution in [0.5, 0.6) is 5.88 Å². The van der Waals surface area contributed by atoms with Crippen LogP contribution in [0.2, 0.25) is 0 Å². The Morgan fingerprint density at radius 2 is 2.03 bits per heavy atom. The van der Waals surface area contributed by atoms with Crippen LogP contribution in [0.25, 0.3) is 27.5 Å². The monoisotopic (exact) mass is 492 g/mol. The molecule has 9 nitrogen and oxygen atoms in total. The minimum absolute atomic E-state index is 0.0525. The summed E-state index contributed by atoms with van der Waals surface area (Å²) in [7, 11) is 3.00. The molecule has 0 spiro atoms. The Labute approximate surface area is 204 Å². The summed E-state index contributed by atoms with van der Waals surface area (Å²) in [4.78, 5) is 33.3. The zero-order chi connectivity index (χ0) is 24.7. The molecule has 5 rings (SSSR count). The molecule has 4 aromatic rings. The van der Waals surface area contributed by atoms with Crippen LogP contribution in [0.15, 0.2) is 36.5 Å². The minimum Gasteiger partial charge on any atom is -0.481 e. The van der Waals surface area contributed by atoms with Crippen molar-refractivity contribution in [2.24, 2.45) is 0 Å². The van der Waals surface area contributed by atoms with Crippen molar-refractivity contribution in [1.29, 1.82) is 0 Å². The number of benzene rings is 1. The Bertz CT molecular complexity index is 1460. The highest BCUT2D eigenvalue weighted by molar-refractivity contribution is 7.19. The summed E-state index contributed by atoms with van der Waals surface area (Å²) in [5.74, 6) is -0.885. The molecule has 0 unspecified atom stereocenters. The van der Waals surface area contributed by atoms with Crippen LogP contribution in [-0.4, -0.2) is 45.7 Å². The number of hydrogen-bond donors (Lipinski definition) is 2. The molecule has 178 valence electrons. The highest BCUT2D eigenvalue weighted by atomic mass is 32.1. The third kappa shape index (κ3) is 4.03. The van der Waals surface area contributed by atoms with Crippen LogP contribution in [-0.2, 0) is 17.6 Å². The van der Waals surface area contributed by atoms with Crippen LogP contribution in [0.4, 0.5) is 9.52 Å². The lowest BCUT2D eigenvalue weighted by atomic mass is 9.95. The maximum absolute atomic E-state index is 14.9. The van der Waals surface area contributed by atoms with Crippen LogP contribution >= 0.6 is 11.3 Å². The average molecular weight is 493 g/mol. The number of amides is 2. The number of pyridine rings is 1. The van der Waals surface area contributed by atoms with Gasteiger partial charge in [-0.15, -0.1) is 0 Å². The first-order valence-corrected chi connectivity index (χ1v) is 11.6. The van der Waals surface area contributed by atoms with Crippen LogP contribution < -0.4 is 15.4 Å². The summed E-state index contributed by atoms with van der Waals surface area (Å²) in [6, 6.07) is 8.01. The molecule has 1 aliphatic carbocycles. The van der Waals surface area contributed by atoms with Gasteiger partial charge in [0.1, 0.15) is 5.82 Å². The van der Waals surface area contributed by atoms with Gasteiger partial charge < -0.3 is 15.4 Å². The Hall–Kier alpha value is -4.12. The standard InChI is InChI=1S/C24H21FN6O3S/c1-12(32)28-24-29-18-8-7-16-20(13-4-9-19(34-3)27-11-13)30-31(21(16)22(18)35-24)14-5-6-15(17(25)10-14)23(33)26-2/h4-6,9-11H,7-8H2,1-3H3,(H,26,33)(H,28,29,32). The summed E-state index contributed by atoms with van der Waals surface area (Å²) in [5.41, 5.74) is 4.50. The van der Waals surface area contributed by atoms with E-state index in [2.05, 4.69) is 20.6 Å². The van der Waals surface area contributed by atoms with Crippen LogP contribution in [0, 0.1) is 5.82 Å². The van der Waals surface area contributed by atoms with E-state index < -0.39 is 11.7 Å². The zero-order valence-electron chi connectivity index (χ0n) is 19.2. The number of nitrogens with one attached hydrogen (secondary N) is 2. The van der Waals surface area contributed by atoms with Gasteiger partial charge in [0, 0.05) is 43.4 Å². The third-order valence-corrected chi connectivity index (χ3v) is 6.70. The molecule has 3 heterocycles. The van der Waals surface area contributed by atoms with Gasteiger partial charge in [0.05, 0.1) is 40.3 Å². The number of carbonyl (C=O) groups is 2. The van der Waals surface area contributed by atoms with E-state index in [-0.39, 0.29) is 11.5 Å². The van der Waals surface area contributed by atoms with E-state index in [1.165, 1.54) is 37.4 Å². The van der Waals surface area contributed by atoms with E-state index in [0.717, 1.165) is 27.4 Å². The van der Waals surface area contributed by atoms with Gasteiger partial charge in [-0.05, 0) is 31.0 Å². The van der Waals surface area contributed by atoms with E-state index in [1.54, 1.807) is 30.1 Å². The van der Waals surface area contributed by atoms with Crippen molar-refractivity contribution in [2.75, 3.05) is 19.5 Å². The number of aryl methyl sites for hydroxylation is 1. The molecule has 3 aromatic heterocycles. The van der Waals surface area contributed by atoms with Crippen molar-refractivity contribution < 1.29 is 18.7 Å². The molecule has 0 fully saturated rings. The molecular weight excluding hydrogens is 471 g/mol. The average Bonchev–Trinajstić information content (AvgIpc) is 3.44. The highest BCUT2D eigenvalue weighted by Crippen LogP contribution is 2.44. The molecule has 0 bridgehead atoms. The molecule has 1 aliphatic rings. The van der Waals surface area contributed by atoms with E-state index in [1.807, 2.05) is 6.07 Å². The molecule has 0 saturated heterocycles. The van der Waals surface area contributed by atoms with Gasteiger partial charge >= 0.3 is 0 Å². The van der Waals surface area contributed by atoms with Gasteiger partial charge in [-0.25, -0.2) is 19.0 Å². The predicted octanol–water partition coefficient (Wildman–Crippen LogP) is 3.62. The fourth-order valence-electron chi connectivity index (χ4n) is 4.09. The van der Waals surface area contributed by atoms with E-state index in [4.69, 9.17) is 9.84 Å². The number of ether oxygens (including phenoxy) is 1. The highest BCUT2D eigenvalue weighted by Gasteiger charge is 2.30. The fourth-order valence-corrected chi connectivity index (χ4v) is 5.20. The Balaban J connectivity index is 1.70. The van der Waals surface area contributed by atoms with E-state index >= 15 is 0 Å². The summed E-state index contributed by atoms with van der Waals surface area (Å²) >= 11 is 1.35. The first-order chi connectivity index (χ1) is 16.9. The number of fused-ring (bicyclic) bond motifs is 3. The molecule has 2 amide bonds. The molecular formula is C24H21FN6O3S. The quantitative estimate of drug-likeness (QED) is 0.440. The Kier molecular flexibility index (Phi) is 5.77. The second-order valence-electron chi connectivity index (χ2n) is 7.90. The summed E-state index contributed by atoms with van der Waals surface area (Å²) < 4.78 is 21.7. The number of halogens is 1. The van der Waals surface area contributed by atoms with Gasteiger partial charge in [0.25, 0.3) is 5.91 Å². The lowest BCUT2D eigenvalue weighted by Crippen LogP contribution is -2.19. The van der Waals surface area contributed by atoms with E-state index in [9.17, 15) is 14.0 Å². The second kappa shape index (κ2) is 8.91. The van der Waals surface area contributed by atoms with E-state index in [0.29, 0.717) is 35.2 Å². The molecule has 1 aromatic carbocycles. The van der Waals surface area contributed by atoms with Gasteiger partial charge in [0.15, 0.2) is 5.13 Å². The number of carbonyl (C=O) groups excluding carboxylic acids is 2. The van der Waals surface area contributed by atoms with Crippen molar-refractivity contribution in [3.63, 3.8) is 0 Å². The molecule has 2 N–H and O–H groups in total. The maximum Gasteiger partial charge on any atom is 0.253 e. The number of anilines is 1. The number of thiazole rings is 1. The lowest BCUT2D eigenvalue weighted by molar-refractivity contribution is -0.114. The van der Waals surface area contributed by atoms with Crippen LogP contribution in [0.3, 0.4) is 0 Å². The first kappa shape index (κ1) is 22.7. The maximum atomic E-state index is 14.9. The number of rotatable bonds is 5. The second-order valence-corrected chi connectivity index (χ2v) is 8.90. The SMILES string of the molecule is CNC(=O)c1ccc(-n2nc(-c3ccc(OC)nc3)c3c2-c2sc(NC(C)=O)nc2CC3)cc1F. The number of methoxy groups -OCH3 is 1. The van der Waals surface area contributed by atoms with Crippen molar-refractivity contribution in [3.8, 4) is 33.4 Å². The zero-order valence-corrected chi connectivity index (χ0v) is 20.0. The van der Waals surface area contributed by atoms with Gasteiger partial charge in [0.2, 0.25) is 11.8 Å². The first-order valence-electron chi connectivity index (χ1n) is 10.8. The summed E-state index contributed by atoms with van der Waals surface area (Å²) in [5, 5.41) is 10.5. The molecule has 0 saturated carbocycles. The third-order valence-electron chi connectivity index (χ3n) is 5.68. The summed E-state index contributed by atoms with van der Waals surface area (Å²) in [6.07, 6.45) is 3.02. The molecule has 35 heavy (non-hydrogen) atoms. The number of nitrogens with zero attached hydrogens (tertiary/aromatic N) is 4. The minimum atomic E-state index is -0.655. The van der Waals surface area contributed by atoms with Crippen molar-refractivity contribution in [2.45, 2.75) is 19.8 Å². The molecule has 11 heteroatoms. The molecule has 0 radical (unpaired) electrons. The van der Waals surface area contributed by atoms with Crippen molar-refractivity contribution >= 4 is 28.3 Å². The topological polar surface area (TPSA) is 111 Å². The molecule has 0 atom stereocenters. The Morgan fingerprint density at radius 1 is 1.20 bits per heavy atom. The van der Waals surface area contributed by atoms with Gasteiger partial charge in [-0.3, -0.25) is 9.59 Å². The lowest BCUT2D eigenvalue weighted by Gasteiger charge is -2.14. The largest absolute Gasteiger partial charge is 0.481 e. The smallest absolute Gasteiger partial charge is 0.253 e.